The number of ether oxygens (including phenoxy) is 1. The average Bonchev–Trinajstić information content (AvgIpc) is 3.04. The van der Waals surface area contributed by atoms with Crippen LogP contribution >= 0.6 is 0 Å². The molecule has 146 valence electrons. The summed E-state index contributed by atoms with van der Waals surface area (Å²) in [6.45, 7) is 6.74. The van der Waals surface area contributed by atoms with E-state index < -0.39 is 6.04 Å². The predicted molar refractivity (Wildman–Crippen MR) is 103 cm³/mol. The molecule has 7 nitrogen and oxygen atoms in total. The van der Waals surface area contributed by atoms with Crippen molar-refractivity contribution in [1.29, 1.82) is 0 Å². The molecule has 2 amide bonds. The minimum absolute atomic E-state index is 0.0412. The fourth-order valence-electron chi connectivity index (χ4n) is 2.75. The van der Waals surface area contributed by atoms with Gasteiger partial charge in [-0.05, 0) is 37.1 Å². The number of hydrogen-bond donors (Lipinski definition) is 1. The molecular formula is C20H28N4O3. The monoisotopic (exact) mass is 372 g/mol. The molecule has 0 fully saturated rings. The Morgan fingerprint density at radius 1 is 1.26 bits per heavy atom. The molecule has 0 aliphatic carbocycles. The standard InChI is InChI=1S/C20H28N4O3/c1-6-27-17-9-7-16(8-10-17)19(25)22-18(14(2)3)20(26)23(4)12-15-11-21-24(5)13-15/h7-11,13-14,18H,6,12H2,1-5H3,(H,22,25)/t18-/m1/s1. The zero-order valence-corrected chi connectivity index (χ0v) is 16.6. The summed E-state index contributed by atoms with van der Waals surface area (Å²) < 4.78 is 7.08. The molecule has 0 radical (unpaired) electrons. The van der Waals surface area contributed by atoms with Gasteiger partial charge in [-0.3, -0.25) is 14.3 Å². The first kappa shape index (κ1) is 20.5. The molecule has 0 saturated heterocycles. The van der Waals surface area contributed by atoms with E-state index in [1.807, 2.05) is 34.0 Å². The van der Waals surface area contributed by atoms with Gasteiger partial charge in [0.25, 0.3) is 5.91 Å². The van der Waals surface area contributed by atoms with Crippen LogP contribution < -0.4 is 10.1 Å². The Morgan fingerprint density at radius 2 is 1.93 bits per heavy atom. The van der Waals surface area contributed by atoms with Gasteiger partial charge in [-0.1, -0.05) is 13.8 Å². The molecule has 27 heavy (non-hydrogen) atoms. The van der Waals surface area contributed by atoms with Crippen molar-refractivity contribution in [3.63, 3.8) is 0 Å². The first-order valence-electron chi connectivity index (χ1n) is 9.08. The lowest BCUT2D eigenvalue weighted by Gasteiger charge is -2.27. The highest BCUT2D eigenvalue weighted by Gasteiger charge is 2.27. The van der Waals surface area contributed by atoms with Gasteiger partial charge in [-0.25, -0.2) is 0 Å². The first-order valence-corrected chi connectivity index (χ1v) is 9.08. The van der Waals surface area contributed by atoms with E-state index in [2.05, 4.69) is 10.4 Å². The molecule has 0 aliphatic heterocycles. The van der Waals surface area contributed by atoms with Crippen molar-refractivity contribution >= 4 is 11.8 Å². The van der Waals surface area contributed by atoms with Gasteiger partial charge in [-0.2, -0.15) is 5.10 Å². The summed E-state index contributed by atoms with van der Waals surface area (Å²) in [4.78, 5) is 27.1. The van der Waals surface area contributed by atoms with Crippen LogP contribution in [0.4, 0.5) is 0 Å². The molecule has 0 spiro atoms. The first-order chi connectivity index (χ1) is 12.8. The van der Waals surface area contributed by atoms with Crippen LogP contribution in [-0.4, -0.2) is 46.2 Å². The van der Waals surface area contributed by atoms with E-state index in [0.717, 1.165) is 5.56 Å². The van der Waals surface area contributed by atoms with Crippen LogP contribution in [0.25, 0.3) is 0 Å². The highest BCUT2D eigenvalue weighted by atomic mass is 16.5. The molecule has 2 aromatic rings. The number of aromatic nitrogens is 2. The van der Waals surface area contributed by atoms with Gasteiger partial charge in [0.2, 0.25) is 5.91 Å². The van der Waals surface area contributed by atoms with Gasteiger partial charge >= 0.3 is 0 Å². The summed E-state index contributed by atoms with van der Waals surface area (Å²) in [5, 5.41) is 6.98. The van der Waals surface area contributed by atoms with E-state index >= 15 is 0 Å². The van der Waals surface area contributed by atoms with Crippen LogP contribution in [0, 0.1) is 5.92 Å². The smallest absolute Gasteiger partial charge is 0.251 e. The number of aryl methyl sites for hydroxylation is 1. The van der Waals surface area contributed by atoms with Crippen LogP contribution in [0.5, 0.6) is 5.75 Å². The summed E-state index contributed by atoms with van der Waals surface area (Å²) in [5.74, 6) is 0.259. The minimum Gasteiger partial charge on any atom is -0.494 e. The van der Waals surface area contributed by atoms with E-state index in [0.29, 0.717) is 24.5 Å². The Labute approximate surface area is 160 Å². The largest absolute Gasteiger partial charge is 0.494 e. The second-order valence-corrected chi connectivity index (χ2v) is 6.87. The number of hydrogen-bond acceptors (Lipinski definition) is 4. The second-order valence-electron chi connectivity index (χ2n) is 6.87. The van der Waals surface area contributed by atoms with Crippen LogP contribution in [-0.2, 0) is 18.4 Å². The van der Waals surface area contributed by atoms with E-state index in [9.17, 15) is 9.59 Å². The molecule has 1 atom stereocenters. The molecular weight excluding hydrogens is 344 g/mol. The second kappa shape index (κ2) is 9.21. The Kier molecular flexibility index (Phi) is 6.98. The number of rotatable bonds is 8. The zero-order chi connectivity index (χ0) is 20.0. The molecule has 0 bridgehead atoms. The van der Waals surface area contributed by atoms with Gasteiger partial charge in [0.1, 0.15) is 11.8 Å². The Hall–Kier alpha value is -2.83. The number of carbonyl (C=O) groups excluding carboxylic acids is 2. The van der Waals surface area contributed by atoms with Crippen molar-refractivity contribution in [2.24, 2.45) is 13.0 Å². The Balaban J connectivity index is 2.04. The highest BCUT2D eigenvalue weighted by Crippen LogP contribution is 2.14. The lowest BCUT2D eigenvalue weighted by molar-refractivity contribution is -0.133. The summed E-state index contributed by atoms with van der Waals surface area (Å²) in [7, 11) is 3.56. The van der Waals surface area contributed by atoms with Crippen molar-refractivity contribution in [3.05, 3.63) is 47.8 Å². The van der Waals surface area contributed by atoms with Crippen molar-refractivity contribution < 1.29 is 14.3 Å². The van der Waals surface area contributed by atoms with Crippen LogP contribution in [0.2, 0.25) is 0 Å². The van der Waals surface area contributed by atoms with Crippen LogP contribution in [0.1, 0.15) is 36.7 Å². The maximum atomic E-state index is 12.9. The fraction of sp³-hybridized carbons (Fsp3) is 0.450. The SMILES string of the molecule is CCOc1ccc(C(=O)N[C@@H](C(=O)N(C)Cc2cnn(C)c2)C(C)C)cc1. The third-order valence-electron chi connectivity index (χ3n) is 4.20. The number of likely N-dealkylation sites (N-methyl/N-ethyl adjacent to an activating group) is 1. The number of nitrogens with one attached hydrogen (secondary N) is 1. The summed E-state index contributed by atoms with van der Waals surface area (Å²) in [5.41, 5.74) is 1.43. The molecule has 1 heterocycles. The lowest BCUT2D eigenvalue weighted by atomic mass is 10.0. The van der Waals surface area contributed by atoms with Gasteiger partial charge in [0.05, 0.1) is 12.8 Å². The summed E-state index contributed by atoms with van der Waals surface area (Å²) >= 11 is 0. The van der Waals surface area contributed by atoms with Crippen molar-refractivity contribution in [2.45, 2.75) is 33.4 Å². The molecule has 0 unspecified atom stereocenters. The van der Waals surface area contributed by atoms with Gasteiger partial charge in [0, 0.05) is 38.0 Å². The molecule has 0 saturated carbocycles. The van der Waals surface area contributed by atoms with Gasteiger partial charge in [-0.15, -0.1) is 0 Å². The third kappa shape index (κ3) is 5.57. The van der Waals surface area contributed by atoms with E-state index in [1.54, 1.807) is 47.1 Å². The summed E-state index contributed by atoms with van der Waals surface area (Å²) in [6, 6.07) is 6.28. The number of amides is 2. The molecule has 1 aromatic heterocycles. The topological polar surface area (TPSA) is 76.5 Å². The zero-order valence-electron chi connectivity index (χ0n) is 16.6. The molecule has 1 N–H and O–H groups in total. The molecule has 7 heteroatoms. The number of benzene rings is 1. The van der Waals surface area contributed by atoms with E-state index in [4.69, 9.17) is 4.74 Å². The number of nitrogens with zero attached hydrogens (tertiary/aromatic N) is 3. The van der Waals surface area contributed by atoms with Crippen LogP contribution in [0.15, 0.2) is 36.7 Å². The number of carbonyl (C=O) groups is 2. The van der Waals surface area contributed by atoms with Crippen molar-refractivity contribution in [2.75, 3.05) is 13.7 Å². The van der Waals surface area contributed by atoms with Crippen molar-refractivity contribution in [1.82, 2.24) is 20.0 Å². The van der Waals surface area contributed by atoms with E-state index in [-0.39, 0.29) is 17.7 Å². The maximum absolute atomic E-state index is 12.9. The molecule has 2 rings (SSSR count). The fourth-order valence-corrected chi connectivity index (χ4v) is 2.75. The average molecular weight is 372 g/mol. The van der Waals surface area contributed by atoms with Gasteiger partial charge < -0.3 is 15.0 Å². The quantitative estimate of drug-likeness (QED) is 0.771. The molecule has 1 aromatic carbocycles. The van der Waals surface area contributed by atoms with E-state index in [1.165, 1.54) is 0 Å². The minimum atomic E-state index is -0.606. The lowest BCUT2D eigenvalue weighted by Crippen LogP contribution is -2.50. The molecule has 0 aliphatic rings. The normalized spacial score (nSPS) is 11.9. The highest BCUT2D eigenvalue weighted by molar-refractivity contribution is 5.97. The maximum Gasteiger partial charge on any atom is 0.251 e. The third-order valence-corrected chi connectivity index (χ3v) is 4.20. The van der Waals surface area contributed by atoms with Crippen LogP contribution in [0.3, 0.4) is 0 Å². The van der Waals surface area contributed by atoms with Gasteiger partial charge in [0.15, 0.2) is 0 Å². The van der Waals surface area contributed by atoms with Crippen molar-refractivity contribution in [3.8, 4) is 5.75 Å². The predicted octanol–water partition coefficient (Wildman–Crippen LogP) is 2.23. The Bertz CT molecular complexity index is 768. The summed E-state index contributed by atoms with van der Waals surface area (Å²) in [6.07, 6.45) is 3.60. The Morgan fingerprint density at radius 3 is 2.44 bits per heavy atom.